The van der Waals surface area contributed by atoms with Crippen LogP contribution in [0.2, 0.25) is 5.02 Å². The van der Waals surface area contributed by atoms with Crippen LogP contribution in [0.3, 0.4) is 0 Å². The number of thiophene rings is 1. The van der Waals surface area contributed by atoms with Crippen LogP contribution in [0.15, 0.2) is 34.5 Å². The molecule has 1 aromatic carbocycles. The fourth-order valence-electron chi connectivity index (χ4n) is 2.51. The standard InChI is InChI=1S/C14H12ClNO3S2/c15-9-2-3-10-8(7-9)1-4-11(10)16-14(17)12-5-6-13(20-12)21(18)19/h2-3,5-7,11,21H,1,4H2,(H,16,17)/t11-/m1/s1. The number of benzene rings is 1. The fourth-order valence-corrected chi connectivity index (χ4v) is 4.15. The van der Waals surface area contributed by atoms with Gasteiger partial charge in [0, 0.05) is 5.02 Å². The second-order valence-electron chi connectivity index (χ2n) is 4.80. The minimum Gasteiger partial charge on any atom is -0.345 e. The molecular weight excluding hydrogens is 330 g/mol. The molecule has 1 amide bonds. The number of aryl methyl sites for hydroxylation is 1. The van der Waals surface area contributed by atoms with Crippen molar-refractivity contribution in [3.05, 3.63) is 51.4 Å². The Kier molecular flexibility index (Phi) is 4.01. The molecule has 4 nitrogen and oxygen atoms in total. The number of amides is 1. The van der Waals surface area contributed by atoms with Crippen molar-refractivity contribution in [2.24, 2.45) is 0 Å². The van der Waals surface area contributed by atoms with Crippen LogP contribution in [0.4, 0.5) is 0 Å². The maximum atomic E-state index is 12.2. The topological polar surface area (TPSA) is 63.2 Å². The van der Waals surface area contributed by atoms with Crippen molar-refractivity contribution in [3.8, 4) is 0 Å². The van der Waals surface area contributed by atoms with Crippen molar-refractivity contribution < 1.29 is 13.2 Å². The molecule has 1 aliphatic carbocycles. The molecule has 3 rings (SSSR count). The first-order chi connectivity index (χ1) is 10.0. The smallest absolute Gasteiger partial charge is 0.261 e. The molecule has 2 aromatic rings. The molecule has 0 bridgehead atoms. The first-order valence-corrected chi connectivity index (χ1v) is 8.75. The van der Waals surface area contributed by atoms with Crippen LogP contribution in [-0.2, 0) is 17.1 Å². The lowest BCUT2D eigenvalue weighted by atomic mass is 10.1. The molecule has 0 spiro atoms. The number of carbonyl (C=O) groups excluding carboxylic acids is 1. The zero-order chi connectivity index (χ0) is 15.0. The van der Waals surface area contributed by atoms with Gasteiger partial charge in [-0.2, -0.15) is 0 Å². The number of nitrogens with one attached hydrogen (secondary N) is 1. The zero-order valence-corrected chi connectivity index (χ0v) is 13.3. The Morgan fingerprint density at radius 1 is 1.29 bits per heavy atom. The van der Waals surface area contributed by atoms with Gasteiger partial charge in [-0.05, 0) is 48.2 Å². The van der Waals surface area contributed by atoms with E-state index in [1.54, 1.807) is 0 Å². The first kappa shape index (κ1) is 14.6. The van der Waals surface area contributed by atoms with Gasteiger partial charge in [0.25, 0.3) is 5.91 Å². The van der Waals surface area contributed by atoms with Gasteiger partial charge in [-0.3, -0.25) is 4.79 Å². The van der Waals surface area contributed by atoms with Crippen LogP contribution < -0.4 is 5.32 Å². The lowest BCUT2D eigenvalue weighted by Crippen LogP contribution is -2.26. The van der Waals surface area contributed by atoms with E-state index in [4.69, 9.17) is 11.6 Å². The number of hydrogen-bond donors (Lipinski definition) is 2. The van der Waals surface area contributed by atoms with E-state index in [9.17, 15) is 13.2 Å². The zero-order valence-electron chi connectivity index (χ0n) is 10.8. The molecular formula is C14H12ClNO3S2. The second kappa shape index (κ2) is 5.79. The highest BCUT2D eigenvalue weighted by molar-refractivity contribution is 7.75. The van der Waals surface area contributed by atoms with Crippen molar-refractivity contribution in [2.75, 3.05) is 0 Å². The summed E-state index contributed by atoms with van der Waals surface area (Å²) in [6, 6.07) is 8.62. The summed E-state index contributed by atoms with van der Waals surface area (Å²) in [5.41, 5.74) is 2.24. The average Bonchev–Trinajstić information content (AvgIpc) is 3.06. The number of carbonyl (C=O) groups is 1. The normalized spacial score (nSPS) is 17.0. The summed E-state index contributed by atoms with van der Waals surface area (Å²) < 4.78 is 22.0. The maximum Gasteiger partial charge on any atom is 0.261 e. The highest BCUT2D eigenvalue weighted by atomic mass is 35.5. The molecule has 7 heteroatoms. The molecule has 21 heavy (non-hydrogen) atoms. The van der Waals surface area contributed by atoms with Crippen molar-refractivity contribution in [1.82, 2.24) is 5.32 Å². The van der Waals surface area contributed by atoms with Gasteiger partial charge in [-0.15, -0.1) is 11.3 Å². The van der Waals surface area contributed by atoms with Gasteiger partial charge in [-0.25, -0.2) is 8.42 Å². The fraction of sp³-hybridized carbons (Fsp3) is 0.214. The van der Waals surface area contributed by atoms with Gasteiger partial charge in [-0.1, -0.05) is 17.7 Å². The Hall–Kier alpha value is -1.37. The van der Waals surface area contributed by atoms with Gasteiger partial charge in [0.1, 0.15) is 4.21 Å². The molecule has 0 saturated carbocycles. The molecule has 0 saturated heterocycles. The SMILES string of the molecule is O=C(N[C@@H]1CCc2cc(Cl)ccc21)c1ccc([SH](=O)=O)s1. The quantitative estimate of drug-likeness (QED) is 0.844. The Morgan fingerprint density at radius 3 is 2.81 bits per heavy atom. The Bertz CT molecular complexity index is 774. The molecule has 110 valence electrons. The molecule has 1 N–H and O–H groups in total. The van der Waals surface area contributed by atoms with Crippen LogP contribution in [0.1, 0.15) is 33.3 Å². The Balaban J connectivity index is 1.77. The van der Waals surface area contributed by atoms with Crippen LogP contribution >= 0.6 is 22.9 Å². The number of fused-ring (bicyclic) bond motifs is 1. The number of hydrogen-bond acceptors (Lipinski definition) is 4. The van der Waals surface area contributed by atoms with Crippen molar-refractivity contribution in [2.45, 2.75) is 23.1 Å². The predicted octanol–water partition coefficient (Wildman–Crippen LogP) is 2.79. The molecule has 0 unspecified atom stereocenters. The minimum atomic E-state index is -2.64. The third kappa shape index (κ3) is 2.97. The molecule has 1 heterocycles. The highest BCUT2D eigenvalue weighted by Gasteiger charge is 2.25. The van der Waals surface area contributed by atoms with Crippen LogP contribution in [0, 0.1) is 0 Å². The molecule has 1 aliphatic rings. The van der Waals surface area contributed by atoms with E-state index in [0.717, 1.165) is 35.3 Å². The summed E-state index contributed by atoms with van der Waals surface area (Å²) in [4.78, 5) is 12.6. The van der Waals surface area contributed by atoms with Crippen LogP contribution in [0.5, 0.6) is 0 Å². The molecule has 1 aromatic heterocycles. The van der Waals surface area contributed by atoms with Crippen molar-refractivity contribution >= 4 is 39.5 Å². The Morgan fingerprint density at radius 2 is 2.10 bits per heavy atom. The summed E-state index contributed by atoms with van der Waals surface area (Å²) >= 11 is 6.95. The summed E-state index contributed by atoms with van der Waals surface area (Å²) in [5.74, 6) is -0.240. The first-order valence-electron chi connectivity index (χ1n) is 6.38. The predicted molar refractivity (Wildman–Crippen MR) is 82.9 cm³/mol. The van der Waals surface area contributed by atoms with E-state index in [1.807, 2.05) is 18.2 Å². The summed E-state index contributed by atoms with van der Waals surface area (Å²) in [7, 11) is -2.64. The van der Waals surface area contributed by atoms with Gasteiger partial charge in [0.05, 0.1) is 10.9 Å². The minimum absolute atomic E-state index is 0.0451. The van der Waals surface area contributed by atoms with E-state index >= 15 is 0 Å². The number of halogens is 1. The average molecular weight is 342 g/mol. The van der Waals surface area contributed by atoms with Gasteiger partial charge < -0.3 is 5.32 Å². The van der Waals surface area contributed by atoms with Gasteiger partial charge >= 0.3 is 0 Å². The lowest BCUT2D eigenvalue weighted by molar-refractivity contribution is 0.0941. The van der Waals surface area contributed by atoms with E-state index < -0.39 is 10.7 Å². The third-order valence-corrected chi connectivity index (χ3v) is 5.84. The number of thiol groups is 1. The molecule has 0 fully saturated rings. The largest absolute Gasteiger partial charge is 0.345 e. The van der Waals surface area contributed by atoms with Crippen LogP contribution in [-0.4, -0.2) is 14.3 Å². The van der Waals surface area contributed by atoms with Gasteiger partial charge in [0.2, 0.25) is 0 Å². The molecule has 0 radical (unpaired) electrons. The van der Waals surface area contributed by atoms with E-state index in [2.05, 4.69) is 5.32 Å². The Labute approximate surface area is 132 Å². The van der Waals surface area contributed by atoms with Crippen LogP contribution in [0.25, 0.3) is 0 Å². The van der Waals surface area contributed by atoms with E-state index in [0.29, 0.717) is 9.90 Å². The molecule has 0 aliphatic heterocycles. The van der Waals surface area contributed by atoms with E-state index in [-0.39, 0.29) is 16.2 Å². The maximum absolute atomic E-state index is 12.2. The summed E-state index contributed by atoms with van der Waals surface area (Å²) in [6.07, 6.45) is 1.71. The number of rotatable bonds is 3. The van der Waals surface area contributed by atoms with E-state index in [1.165, 1.54) is 12.1 Å². The lowest BCUT2D eigenvalue weighted by Gasteiger charge is -2.13. The summed E-state index contributed by atoms with van der Waals surface area (Å²) in [6.45, 7) is 0. The third-order valence-electron chi connectivity index (χ3n) is 3.48. The van der Waals surface area contributed by atoms with Crippen molar-refractivity contribution in [1.29, 1.82) is 0 Å². The molecule has 1 atom stereocenters. The highest BCUT2D eigenvalue weighted by Crippen LogP contribution is 2.33. The summed E-state index contributed by atoms with van der Waals surface area (Å²) in [5, 5.41) is 3.65. The van der Waals surface area contributed by atoms with Gasteiger partial charge in [0.15, 0.2) is 10.7 Å². The van der Waals surface area contributed by atoms with Crippen molar-refractivity contribution in [3.63, 3.8) is 0 Å². The second-order valence-corrected chi connectivity index (χ2v) is 7.62. The monoisotopic (exact) mass is 341 g/mol.